The number of hydrogen-bond acceptors (Lipinski definition) is 5. The average Bonchev–Trinajstić information content (AvgIpc) is 3.48. The van der Waals surface area contributed by atoms with Gasteiger partial charge in [0.1, 0.15) is 18.1 Å². The third kappa shape index (κ3) is 5.40. The molecule has 1 aromatic carbocycles. The van der Waals surface area contributed by atoms with E-state index in [1.807, 2.05) is 36.4 Å². The highest BCUT2D eigenvalue weighted by Gasteiger charge is 2.25. The van der Waals surface area contributed by atoms with Crippen molar-refractivity contribution in [1.29, 1.82) is 0 Å². The molecule has 2 aliphatic rings. The number of rotatable bonds is 8. The van der Waals surface area contributed by atoms with Crippen LogP contribution in [0.5, 0.6) is 5.75 Å². The molecule has 0 bridgehead atoms. The normalized spacial score (nSPS) is 21.0. The predicted molar refractivity (Wildman–Crippen MR) is 110 cm³/mol. The van der Waals surface area contributed by atoms with Crippen molar-refractivity contribution in [1.82, 2.24) is 10.2 Å². The number of nitrogens with one attached hydrogen (secondary N) is 1. The van der Waals surface area contributed by atoms with E-state index in [0.29, 0.717) is 18.7 Å². The minimum absolute atomic E-state index is 0.0725. The van der Waals surface area contributed by atoms with Gasteiger partial charge in [-0.15, -0.1) is 0 Å². The number of likely N-dealkylation sites (tertiary alicyclic amines) is 1. The smallest absolute Gasteiger partial charge is 0.251 e. The fourth-order valence-corrected chi connectivity index (χ4v) is 4.08. The van der Waals surface area contributed by atoms with E-state index in [2.05, 4.69) is 10.2 Å². The Morgan fingerprint density at radius 3 is 2.66 bits per heavy atom. The van der Waals surface area contributed by atoms with E-state index >= 15 is 0 Å². The van der Waals surface area contributed by atoms with Crippen LogP contribution in [0.25, 0.3) is 0 Å². The topological polar surface area (TPSA) is 63.9 Å². The summed E-state index contributed by atoms with van der Waals surface area (Å²) < 4.78 is 17.0. The number of carbonyl (C=O) groups excluding carboxylic acids is 1. The van der Waals surface area contributed by atoms with Crippen LogP contribution in [0.3, 0.4) is 0 Å². The van der Waals surface area contributed by atoms with Gasteiger partial charge in [-0.05, 0) is 75.2 Å². The van der Waals surface area contributed by atoms with E-state index in [1.54, 1.807) is 6.26 Å². The molecule has 0 saturated carbocycles. The van der Waals surface area contributed by atoms with Gasteiger partial charge in [-0.25, -0.2) is 0 Å². The van der Waals surface area contributed by atoms with Gasteiger partial charge >= 0.3 is 0 Å². The van der Waals surface area contributed by atoms with Gasteiger partial charge in [-0.3, -0.25) is 9.69 Å². The fourth-order valence-electron chi connectivity index (χ4n) is 4.08. The molecule has 2 fully saturated rings. The number of hydrogen-bond donors (Lipinski definition) is 1. The second kappa shape index (κ2) is 9.94. The first-order chi connectivity index (χ1) is 14.3. The highest BCUT2D eigenvalue weighted by Crippen LogP contribution is 2.24. The van der Waals surface area contributed by atoms with Crippen molar-refractivity contribution in [2.24, 2.45) is 0 Å². The van der Waals surface area contributed by atoms with Crippen LogP contribution in [0, 0.1) is 0 Å². The Bertz CT molecular complexity index is 748. The number of ether oxygens (including phenoxy) is 2. The first kappa shape index (κ1) is 20.0. The largest absolute Gasteiger partial charge is 0.491 e. The summed E-state index contributed by atoms with van der Waals surface area (Å²) in [5, 5.41) is 3.08. The molecule has 2 atom stereocenters. The minimum Gasteiger partial charge on any atom is -0.491 e. The first-order valence-electron chi connectivity index (χ1n) is 10.7. The number of furan rings is 1. The Hall–Kier alpha value is -2.31. The molecule has 2 unspecified atom stereocenters. The molecule has 2 aliphatic heterocycles. The molecule has 0 aliphatic carbocycles. The lowest BCUT2D eigenvalue weighted by molar-refractivity contribution is 0.0679. The molecule has 6 nitrogen and oxygen atoms in total. The van der Waals surface area contributed by atoms with E-state index in [4.69, 9.17) is 13.9 Å². The molecule has 2 saturated heterocycles. The lowest BCUT2D eigenvalue weighted by Gasteiger charge is -2.33. The SMILES string of the molecule is O=C(NCC(c1ccco1)N1CCCCC1)c1ccc(OCC2CCCO2)cc1. The van der Waals surface area contributed by atoms with E-state index in [-0.39, 0.29) is 18.1 Å². The third-order valence-corrected chi connectivity index (χ3v) is 5.74. The Balaban J connectivity index is 1.31. The predicted octanol–water partition coefficient (Wildman–Crippen LogP) is 3.79. The number of amides is 1. The van der Waals surface area contributed by atoms with E-state index in [1.165, 1.54) is 19.3 Å². The first-order valence-corrected chi connectivity index (χ1v) is 10.7. The molecule has 6 heteroatoms. The molecular weight excluding hydrogens is 368 g/mol. The van der Waals surface area contributed by atoms with E-state index < -0.39 is 0 Å². The van der Waals surface area contributed by atoms with Crippen molar-refractivity contribution >= 4 is 5.91 Å². The van der Waals surface area contributed by atoms with Crippen molar-refractivity contribution in [3.63, 3.8) is 0 Å². The Morgan fingerprint density at radius 1 is 1.14 bits per heavy atom. The van der Waals surface area contributed by atoms with Gasteiger partial charge in [0.05, 0.1) is 18.4 Å². The number of carbonyl (C=O) groups is 1. The van der Waals surface area contributed by atoms with Crippen molar-refractivity contribution in [2.75, 3.05) is 32.8 Å². The maximum Gasteiger partial charge on any atom is 0.251 e. The van der Waals surface area contributed by atoms with Crippen LogP contribution < -0.4 is 10.1 Å². The van der Waals surface area contributed by atoms with Crippen molar-refractivity contribution < 1.29 is 18.7 Å². The molecule has 0 radical (unpaired) electrons. The van der Waals surface area contributed by atoms with Crippen molar-refractivity contribution in [3.05, 3.63) is 54.0 Å². The molecule has 1 amide bonds. The quantitative estimate of drug-likeness (QED) is 0.733. The van der Waals surface area contributed by atoms with Crippen LogP contribution in [-0.2, 0) is 4.74 Å². The number of nitrogens with zero attached hydrogens (tertiary/aromatic N) is 1. The summed E-state index contributed by atoms with van der Waals surface area (Å²) in [5.41, 5.74) is 0.631. The van der Waals surface area contributed by atoms with Crippen LogP contribution in [0.4, 0.5) is 0 Å². The zero-order chi connectivity index (χ0) is 19.9. The van der Waals surface area contributed by atoms with Gasteiger partial charge in [-0.1, -0.05) is 6.42 Å². The zero-order valence-electron chi connectivity index (χ0n) is 16.8. The summed E-state index contributed by atoms with van der Waals surface area (Å²) in [6.07, 6.45) is 7.69. The fraction of sp³-hybridized carbons (Fsp3) is 0.522. The molecule has 0 spiro atoms. The highest BCUT2D eigenvalue weighted by molar-refractivity contribution is 5.94. The van der Waals surface area contributed by atoms with Gasteiger partial charge in [0.2, 0.25) is 0 Å². The average molecular weight is 399 g/mol. The molecular formula is C23H30N2O4. The monoisotopic (exact) mass is 398 g/mol. The standard InChI is InChI=1S/C23H30N2O4/c26-23(18-8-10-19(11-9-18)29-17-20-6-4-14-27-20)24-16-21(22-7-5-15-28-22)25-12-2-1-3-13-25/h5,7-11,15,20-21H,1-4,6,12-14,16-17H2,(H,24,26). The number of piperidine rings is 1. The molecule has 29 heavy (non-hydrogen) atoms. The van der Waals surface area contributed by atoms with Crippen molar-refractivity contribution in [3.8, 4) is 5.75 Å². The molecule has 1 aromatic heterocycles. The lowest BCUT2D eigenvalue weighted by Crippen LogP contribution is -2.40. The summed E-state index contributed by atoms with van der Waals surface area (Å²) in [5.74, 6) is 1.59. The third-order valence-electron chi connectivity index (χ3n) is 5.74. The van der Waals surface area contributed by atoms with Crippen LogP contribution in [-0.4, -0.2) is 49.8 Å². The Morgan fingerprint density at radius 2 is 1.97 bits per heavy atom. The summed E-state index contributed by atoms with van der Waals surface area (Å²) in [7, 11) is 0. The van der Waals surface area contributed by atoms with Crippen LogP contribution >= 0.6 is 0 Å². The summed E-state index contributed by atoms with van der Waals surface area (Å²) >= 11 is 0. The van der Waals surface area contributed by atoms with E-state index in [9.17, 15) is 4.79 Å². The van der Waals surface area contributed by atoms with Gasteiger partial charge in [0.25, 0.3) is 5.91 Å². The zero-order valence-corrected chi connectivity index (χ0v) is 16.8. The van der Waals surface area contributed by atoms with Crippen LogP contribution in [0.1, 0.15) is 54.3 Å². The molecule has 3 heterocycles. The molecule has 4 rings (SSSR count). The molecule has 2 aromatic rings. The van der Waals surface area contributed by atoms with E-state index in [0.717, 1.165) is 44.0 Å². The minimum atomic E-state index is -0.0794. The number of benzene rings is 1. The van der Waals surface area contributed by atoms with Gasteiger partial charge in [0, 0.05) is 18.7 Å². The summed E-state index contributed by atoms with van der Waals surface area (Å²) in [6.45, 7) is 4.00. The second-order valence-corrected chi connectivity index (χ2v) is 7.81. The lowest BCUT2D eigenvalue weighted by atomic mass is 10.1. The highest BCUT2D eigenvalue weighted by atomic mass is 16.5. The maximum atomic E-state index is 12.7. The molecule has 156 valence electrons. The second-order valence-electron chi connectivity index (χ2n) is 7.81. The molecule has 1 N–H and O–H groups in total. The maximum absolute atomic E-state index is 12.7. The van der Waals surface area contributed by atoms with Crippen LogP contribution in [0.15, 0.2) is 47.1 Å². The van der Waals surface area contributed by atoms with Gasteiger partial charge in [-0.2, -0.15) is 0 Å². The Labute approximate surface area is 172 Å². The van der Waals surface area contributed by atoms with Crippen LogP contribution in [0.2, 0.25) is 0 Å². The Kier molecular flexibility index (Phi) is 6.85. The summed E-state index contributed by atoms with van der Waals surface area (Å²) in [6, 6.07) is 11.3. The van der Waals surface area contributed by atoms with Gasteiger partial charge < -0.3 is 19.2 Å². The van der Waals surface area contributed by atoms with Gasteiger partial charge in [0.15, 0.2) is 0 Å². The summed E-state index contributed by atoms with van der Waals surface area (Å²) in [4.78, 5) is 15.1. The van der Waals surface area contributed by atoms with Crippen molar-refractivity contribution in [2.45, 2.75) is 44.2 Å².